The van der Waals surface area contributed by atoms with E-state index in [0.29, 0.717) is 30.2 Å². The Labute approximate surface area is 148 Å². The second kappa shape index (κ2) is 7.22. The number of amides is 2. The summed E-state index contributed by atoms with van der Waals surface area (Å²) in [5.74, 6) is 1.47. The highest BCUT2D eigenvalue weighted by atomic mass is 16.5. The van der Waals surface area contributed by atoms with Crippen LogP contribution in [-0.4, -0.2) is 55.4 Å². The number of rotatable bonds is 5. The molecule has 136 valence electrons. The van der Waals surface area contributed by atoms with Crippen molar-refractivity contribution in [3.05, 3.63) is 24.3 Å². The highest BCUT2D eigenvalue weighted by Crippen LogP contribution is 2.37. The molecule has 0 unspecified atom stereocenters. The fourth-order valence-electron chi connectivity index (χ4n) is 3.95. The minimum absolute atomic E-state index is 0.170. The molecule has 25 heavy (non-hydrogen) atoms. The molecule has 1 aliphatic carbocycles. The molecule has 2 saturated heterocycles. The number of urea groups is 1. The SMILES string of the molecule is CCOc1ccccc1NC(=O)N[C@@H]1C[C@H]2CO[C@@H](C3CC3)CN2C1. The van der Waals surface area contributed by atoms with Crippen LogP contribution in [0, 0.1) is 5.92 Å². The van der Waals surface area contributed by atoms with Crippen LogP contribution in [-0.2, 0) is 4.74 Å². The summed E-state index contributed by atoms with van der Waals surface area (Å²) < 4.78 is 11.6. The Hall–Kier alpha value is -1.79. The number of nitrogens with zero attached hydrogens (tertiary/aromatic N) is 1. The van der Waals surface area contributed by atoms with E-state index < -0.39 is 0 Å². The van der Waals surface area contributed by atoms with Crippen LogP contribution < -0.4 is 15.4 Å². The molecular weight excluding hydrogens is 318 g/mol. The second-order valence-corrected chi connectivity index (χ2v) is 7.28. The lowest BCUT2D eigenvalue weighted by Crippen LogP contribution is -2.47. The zero-order valence-electron chi connectivity index (χ0n) is 14.7. The number of benzene rings is 1. The molecule has 6 heteroatoms. The standard InChI is InChI=1S/C19H27N3O3/c1-2-24-17-6-4-3-5-16(17)21-19(23)20-14-9-15-12-25-18(13-7-8-13)11-22(15)10-14/h3-6,13-15,18H,2,7-12H2,1H3,(H2,20,21,23)/t14-,15+,18-/m1/s1. The number of fused-ring (bicyclic) bond motifs is 1. The van der Waals surface area contributed by atoms with Gasteiger partial charge in [-0.05, 0) is 44.2 Å². The molecule has 1 aromatic carbocycles. The number of hydrogen-bond donors (Lipinski definition) is 2. The van der Waals surface area contributed by atoms with E-state index >= 15 is 0 Å². The molecule has 0 aromatic heterocycles. The van der Waals surface area contributed by atoms with Gasteiger partial charge in [0.1, 0.15) is 5.75 Å². The van der Waals surface area contributed by atoms with Gasteiger partial charge in [0.15, 0.2) is 0 Å². The van der Waals surface area contributed by atoms with E-state index in [1.54, 1.807) is 0 Å². The van der Waals surface area contributed by atoms with Crippen LogP contribution in [0.15, 0.2) is 24.3 Å². The fourth-order valence-corrected chi connectivity index (χ4v) is 3.95. The Kier molecular flexibility index (Phi) is 4.81. The molecule has 1 aromatic rings. The van der Waals surface area contributed by atoms with Crippen molar-refractivity contribution in [2.45, 2.75) is 44.4 Å². The lowest BCUT2D eigenvalue weighted by atomic mass is 10.1. The van der Waals surface area contributed by atoms with Crippen LogP contribution in [0.5, 0.6) is 5.75 Å². The smallest absolute Gasteiger partial charge is 0.319 e. The number of hydrogen-bond acceptors (Lipinski definition) is 4. The number of morpholine rings is 1. The largest absolute Gasteiger partial charge is 0.492 e. The predicted octanol–water partition coefficient (Wildman–Crippen LogP) is 2.46. The molecule has 3 aliphatic rings. The summed E-state index contributed by atoms with van der Waals surface area (Å²) in [7, 11) is 0. The molecule has 1 saturated carbocycles. The van der Waals surface area contributed by atoms with Gasteiger partial charge in [-0.1, -0.05) is 12.1 Å². The van der Waals surface area contributed by atoms with Crippen LogP contribution in [0.25, 0.3) is 0 Å². The van der Waals surface area contributed by atoms with Gasteiger partial charge in [0, 0.05) is 25.2 Å². The van der Waals surface area contributed by atoms with E-state index in [9.17, 15) is 4.79 Å². The lowest BCUT2D eigenvalue weighted by molar-refractivity contribution is -0.0581. The quantitative estimate of drug-likeness (QED) is 0.860. The number of carbonyl (C=O) groups excluding carboxylic acids is 1. The van der Waals surface area contributed by atoms with Crippen molar-refractivity contribution in [2.75, 3.05) is 31.6 Å². The summed E-state index contributed by atoms with van der Waals surface area (Å²) >= 11 is 0. The Morgan fingerprint density at radius 2 is 2.16 bits per heavy atom. The van der Waals surface area contributed by atoms with E-state index in [2.05, 4.69) is 15.5 Å². The summed E-state index contributed by atoms with van der Waals surface area (Å²) in [6.07, 6.45) is 3.98. The Morgan fingerprint density at radius 1 is 1.32 bits per heavy atom. The maximum Gasteiger partial charge on any atom is 0.319 e. The number of anilines is 1. The van der Waals surface area contributed by atoms with Gasteiger partial charge in [0.25, 0.3) is 0 Å². The van der Waals surface area contributed by atoms with Crippen molar-refractivity contribution in [2.24, 2.45) is 5.92 Å². The predicted molar refractivity (Wildman–Crippen MR) is 96.0 cm³/mol. The molecule has 3 atom stereocenters. The van der Waals surface area contributed by atoms with Crippen LogP contribution in [0.3, 0.4) is 0 Å². The van der Waals surface area contributed by atoms with Gasteiger partial charge in [-0.3, -0.25) is 4.90 Å². The maximum absolute atomic E-state index is 12.4. The summed E-state index contributed by atoms with van der Waals surface area (Å²) in [6, 6.07) is 7.96. The Morgan fingerprint density at radius 3 is 2.96 bits per heavy atom. The fraction of sp³-hybridized carbons (Fsp3) is 0.632. The van der Waals surface area contributed by atoms with E-state index in [0.717, 1.165) is 32.0 Å². The molecule has 2 N–H and O–H groups in total. The normalized spacial score (nSPS) is 29.1. The molecule has 4 rings (SSSR count). The Bertz CT molecular complexity index is 620. The first-order valence-electron chi connectivity index (χ1n) is 9.38. The molecule has 2 aliphatic heterocycles. The number of para-hydroxylation sites is 2. The highest BCUT2D eigenvalue weighted by Gasteiger charge is 2.42. The first kappa shape index (κ1) is 16.7. The number of ether oxygens (including phenoxy) is 2. The van der Waals surface area contributed by atoms with Crippen LogP contribution in [0.2, 0.25) is 0 Å². The summed E-state index contributed by atoms with van der Waals surface area (Å²) in [6.45, 7) is 5.23. The number of nitrogens with one attached hydrogen (secondary N) is 2. The third-order valence-corrected chi connectivity index (χ3v) is 5.36. The van der Waals surface area contributed by atoms with Crippen molar-refractivity contribution in [1.82, 2.24) is 10.2 Å². The van der Waals surface area contributed by atoms with Gasteiger partial charge < -0.3 is 20.1 Å². The molecule has 0 radical (unpaired) electrons. The monoisotopic (exact) mass is 345 g/mol. The maximum atomic E-state index is 12.4. The number of carbonyl (C=O) groups is 1. The van der Waals surface area contributed by atoms with Gasteiger partial charge in [0.2, 0.25) is 0 Å². The average Bonchev–Trinajstić information content (AvgIpc) is 3.37. The molecule has 6 nitrogen and oxygen atoms in total. The van der Waals surface area contributed by atoms with E-state index in [1.807, 2.05) is 31.2 Å². The van der Waals surface area contributed by atoms with Crippen molar-refractivity contribution >= 4 is 11.7 Å². The minimum Gasteiger partial charge on any atom is -0.492 e. The van der Waals surface area contributed by atoms with Crippen molar-refractivity contribution in [1.29, 1.82) is 0 Å². The molecule has 0 spiro atoms. The van der Waals surface area contributed by atoms with Gasteiger partial charge in [-0.2, -0.15) is 0 Å². The molecule has 3 fully saturated rings. The van der Waals surface area contributed by atoms with Gasteiger partial charge in [-0.15, -0.1) is 0 Å². The first-order chi connectivity index (χ1) is 12.2. The third kappa shape index (κ3) is 3.90. The third-order valence-electron chi connectivity index (χ3n) is 5.36. The molecule has 2 amide bonds. The topological polar surface area (TPSA) is 62.8 Å². The van der Waals surface area contributed by atoms with Crippen molar-refractivity contribution in [3.8, 4) is 5.75 Å². The summed E-state index contributed by atoms with van der Waals surface area (Å²) in [4.78, 5) is 14.9. The minimum atomic E-state index is -0.170. The molecule has 2 heterocycles. The van der Waals surface area contributed by atoms with Crippen LogP contribution in [0.4, 0.5) is 10.5 Å². The second-order valence-electron chi connectivity index (χ2n) is 7.28. The molecule has 0 bridgehead atoms. The van der Waals surface area contributed by atoms with E-state index in [4.69, 9.17) is 9.47 Å². The zero-order valence-corrected chi connectivity index (χ0v) is 14.7. The highest BCUT2D eigenvalue weighted by molar-refractivity contribution is 5.91. The zero-order chi connectivity index (χ0) is 17.2. The van der Waals surface area contributed by atoms with Crippen LogP contribution >= 0.6 is 0 Å². The van der Waals surface area contributed by atoms with Crippen molar-refractivity contribution in [3.63, 3.8) is 0 Å². The van der Waals surface area contributed by atoms with Gasteiger partial charge >= 0.3 is 6.03 Å². The molecular formula is C19H27N3O3. The van der Waals surface area contributed by atoms with Gasteiger partial charge in [-0.25, -0.2) is 4.79 Å². The van der Waals surface area contributed by atoms with Crippen molar-refractivity contribution < 1.29 is 14.3 Å². The average molecular weight is 345 g/mol. The van der Waals surface area contributed by atoms with E-state index in [-0.39, 0.29) is 12.1 Å². The first-order valence-corrected chi connectivity index (χ1v) is 9.38. The van der Waals surface area contributed by atoms with E-state index in [1.165, 1.54) is 12.8 Å². The van der Waals surface area contributed by atoms with Crippen LogP contribution in [0.1, 0.15) is 26.2 Å². The lowest BCUT2D eigenvalue weighted by Gasteiger charge is -2.35. The summed E-state index contributed by atoms with van der Waals surface area (Å²) in [5, 5.41) is 6.03. The van der Waals surface area contributed by atoms with Gasteiger partial charge in [0.05, 0.1) is 25.0 Å². The summed E-state index contributed by atoms with van der Waals surface area (Å²) in [5.41, 5.74) is 0.703. The Balaban J connectivity index is 1.30.